The largest absolute Gasteiger partial charge is 0.504 e. The Hall–Kier alpha value is -2.69. The van der Waals surface area contributed by atoms with Crippen molar-refractivity contribution in [3.05, 3.63) is 53.7 Å². The third-order valence-corrected chi connectivity index (χ3v) is 8.51. The number of amides is 1. The van der Waals surface area contributed by atoms with Crippen molar-refractivity contribution in [3.63, 3.8) is 0 Å². The fourth-order valence-corrected chi connectivity index (χ4v) is 7.06. The highest BCUT2D eigenvalue weighted by Crippen LogP contribution is 2.62. The second-order valence-electron chi connectivity index (χ2n) is 10.2. The minimum Gasteiger partial charge on any atom is -0.504 e. The molecule has 0 saturated heterocycles. The molecule has 5 atom stereocenters. The summed E-state index contributed by atoms with van der Waals surface area (Å²) in [5, 5.41) is 12.5. The molecule has 2 fully saturated rings. The molecule has 1 aromatic heterocycles. The van der Waals surface area contributed by atoms with Crippen LogP contribution in [0, 0.1) is 23.2 Å². The number of carbonyl (C=O) groups excluding carboxylic acids is 2. The summed E-state index contributed by atoms with van der Waals surface area (Å²) < 4.78 is 0. The minimum absolute atomic E-state index is 0.0242. The van der Waals surface area contributed by atoms with Gasteiger partial charge < -0.3 is 10.4 Å². The summed E-state index contributed by atoms with van der Waals surface area (Å²) in [7, 11) is 0. The molecule has 0 spiro atoms. The van der Waals surface area contributed by atoms with Gasteiger partial charge in [0, 0.05) is 24.5 Å². The van der Waals surface area contributed by atoms with Gasteiger partial charge in [0.25, 0.3) is 0 Å². The summed E-state index contributed by atoms with van der Waals surface area (Å²) in [5.41, 5.74) is 2.81. The number of aryl methyl sites for hydroxylation is 1. The van der Waals surface area contributed by atoms with Crippen LogP contribution in [-0.2, 0) is 16.0 Å². The molecule has 2 N–H and O–H groups in total. The van der Waals surface area contributed by atoms with Crippen molar-refractivity contribution in [2.75, 3.05) is 5.32 Å². The van der Waals surface area contributed by atoms with Crippen molar-refractivity contribution >= 4 is 17.5 Å². The SMILES string of the molecule is C[C@]12CCC3c4ccccc4CCC3C1[C@H](CCCC(=O)Nc1ncccc1O)CC2=O. The number of aromatic hydroxyl groups is 1. The van der Waals surface area contributed by atoms with Crippen LogP contribution in [0.2, 0.25) is 0 Å². The molecular formula is C27H32N2O3. The minimum atomic E-state index is -0.194. The van der Waals surface area contributed by atoms with E-state index in [1.807, 2.05) is 0 Å². The standard InChI is InChI=1S/C27H32N2O3/c1-27-14-13-20-19-8-3-2-6-17(19)11-12-21(20)25(27)18(16-23(27)31)7-4-10-24(32)29-26-22(30)9-5-15-28-26/h2-3,5-6,8-9,15,18,20-21,25,30H,4,7,10-14,16H2,1H3,(H,28,29,32)/t18-,20?,21?,25?,27-/m1/s1. The smallest absolute Gasteiger partial charge is 0.225 e. The molecule has 3 unspecified atom stereocenters. The van der Waals surface area contributed by atoms with Crippen molar-refractivity contribution in [1.29, 1.82) is 0 Å². The van der Waals surface area contributed by atoms with Crippen LogP contribution in [0.25, 0.3) is 0 Å². The zero-order valence-corrected chi connectivity index (χ0v) is 18.7. The van der Waals surface area contributed by atoms with Crippen LogP contribution >= 0.6 is 0 Å². The van der Waals surface area contributed by atoms with Gasteiger partial charge in [0.15, 0.2) is 11.6 Å². The van der Waals surface area contributed by atoms with Crippen molar-refractivity contribution in [2.45, 2.75) is 64.2 Å². The summed E-state index contributed by atoms with van der Waals surface area (Å²) in [6.45, 7) is 2.22. The van der Waals surface area contributed by atoms with Crippen LogP contribution in [-0.4, -0.2) is 21.8 Å². The van der Waals surface area contributed by atoms with Gasteiger partial charge in [-0.3, -0.25) is 9.59 Å². The third-order valence-electron chi connectivity index (χ3n) is 8.51. The van der Waals surface area contributed by atoms with E-state index in [2.05, 4.69) is 41.5 Å². The fourth-order valence-electron chi connectivity index (χ4n) is 7.06. The van der Waals surface area contributed by atoms with Crippen LogP contribution < -0.4 is 5.32 Å². The van der Waals surface area contributed by atoms with E-state index in [4.69, 9.17) is 0 Å². The Labute approximate surface area is 189 Å². The maximum absolute atomic E-state index is 13.1. The van der Waals surface area contributed by atoms with Gasteiger partial charge in [-0.2, -0.15) is 0 Å². The number of nitrogens with zero attached hydrogens (tertiary/aromatic N) is 1. The molecule has 5 heteroatoms. The number of anilines is 1. The lowest BCUT2D eigenvalue weighted by molar-refractivity contribution is -0.129. The number of aromatic nitrogens is 1. The summed E-state index contributed by atoms with van der Waals surface area (Å²) in [5.74, 6) is 2.40. The highest BCUT2D eigenvalue weighted by Gasteiger charge is 2.58. The Bertz CT molecular complexity index is 1040. The first kappa shape index (κ1) is 21.2. The number of Topliss-reactive ketones (excluding diaryl/α,β-unsaturated/α-hetero) is 1. The highest BCUT2D eigenvalue weighted by atomic mass is 16.3. The van der Waals surface area contributed by atoms with Crippen LogP contribution in [0.3, 0.4) is 0 Å². The van der Waals surface area contributed by atoms with E-state index in [0.29, 0.717) is 42.3 Å². The first-order valence-corrected chi connectivity index (χ1v) is 12.0. The number of hydrogen-bond acceptors (Lipinski definition) is 4. The second-order valence-corrected chi connectivity index (χ2v) is 10.2. The quantitative estimate of drug-likeness (QED) is 0.676. The first-order valence-electron chi connectivity index (χ1n) is 12.0. The fraction of sp³-hybridized carbons (Fsp3) is 0.519. The number of pyridine rings is 1. The van der Waals surface area contributed by atoms with E-state index in [0.717, 1.165) is 32.1 Å². The Balaban J connectivity index is 1.26. The van der Waals surface area contributed by atoms with Gasteiger partial charge in [0.2, 0.25) is 5.91 Å². The maximum atomic E-state index is 13.1. The maximum Gasteiger partial charge on any atom is 0.225 e. The molecule has 0 radical (unpaired) electrons. The van der Waals surface area contributed by atoms with E-state index in [1.165, 1.54) is 23.6 Å². The van der Waals surface area contributed by atoms with E-state index in [9.17, 15) is 14.7 Å². The topological polar surface area (TPSA) is 79.3 Å². The van der Waals surface area contributed by atoms with E-state index >= 15 is 0 Å². The van der Waals surface area contributed by atoms with Gasteiger partial charge in [-0.05, 0) is 85.5 Å². The normalized spacial score (nSPS) is 30.8. The highest BCUT2D eigenvalue weighted by molar-refractivity contribution is 5.91. The van der Waals surface area contributed by atoms with Crippen molar-refractivity contribution in [2.24, 2.45) is 23.2 Å². The number of hydrogen-bond donors (Lipinski definition) is 2. The lowest BCUT2D eigenvalue weighted by atomic mass is 9.54. The van der Waals surface area contributed by atoms with Gasteiger partial charge in [-0.15, -0.1) is 0 Å². The Morgan fingerprint density at radius 1 is 1.22 bits per heavy atom. The van der Waals surface area contributed by atoms with E-state index in [-0.39, 0.29) is 22.9 Å². The molecule has 2 saturated carbocycles. The Morgan fingerprint density at radius 3 is 2.91 bits per heavy atom. The molecule has 3 aliphatic rings. The molecule has 168 valence electrons. The zero-order chi connectivity index (χ0) is 22.3. The summed E-state index contributed by atoms with van der Waals surface area (Å²) >= 11 is 0. The third kappa shape index (κ3) is 3.62. The Kier molecular flexibility index (Phi) is 5.52. The molecule has 3 aliphatic carbocycles. The number of rotatable bonds is 5. The first-order chi connectivity index (χ1) is 15.5. The summed E-state index contributed by atoms with van der Waals surface area (Å²) in [6, 6.07) is 12.0. The molecular weight excluding hydrogens is 400 g/mol. The number of ketones is 1. The van der Waals surface area contributed by atoms with E-state index < -0.39 is 0 Å². The molecule has 1 amide bonds. The lowest BCUT2D eigenvalue weighted by Gasteiger charge is -2.50. The molecule has 2 aromatic rings. The van der Waals surface area contributed by atoms with Crippen molar-refractivity contribution in [3.8, 4) is 5.75 Å². The van der Waals surface area contributed by atoms with E-state index in [1.54, 1.807) is 12.3 Å². The predicted molar refractivity (Wildman–Crippen MR) is 123 cm³/mol. The lowest BCUT2D eigenvalue weighted by Crippen LogP contribution is -2.44. The molecule has 0 bridgehead atoms. The van der Waals surface area contributed by atoms with Gasteiger partial charge in [-0.1, -0.05) is 31.2 Å². The molecule has 0 aliphatic heterocycles. The van der Waals surface area contributed by atoms with Gasteiger partial charge >= 0.3 is 0 Å². The van der Waals surface area contributed by atoms with Crippen LogP contribution in [0.15, 0.2) is 42.6 Å². The number of benzene rings is 1. The van der Waals surface area contributed by atoms with Gasteiger partial charge in [0.05, 0.1) is 0 Å². The van der Waals surface area contributed by atoms with Crippen molar-refractivity contribution < 1.29 is 14.7 Å². The molecule has 5 nitrogen and oxygen atoms in total. The van der Waals surface area contributed by atoms with Crippen molar-refractivity contribution in [1.82, 2.24) is 4.98 Å². The second kappa shape index (κ2) is 8.34. The average molecular weight is 433 g/mol. The monoisotopic (exact) mass is 432 g/mol. The van der Waals surface area contributed by atoms with Crippen LogP contribution in [0.1, 0.15) is 68.9 Å². The predicted octanol–water partition coefficient (Wildman–Crippen LogP) is 5.25. The number of fused-ring (bicyclic) bond motifs is 5. The zero-order valence-electron chi connectivity index (χ0n) is 18.7. The molecule has 1 heterocycles. The Morgan fingerprint density at radius 2 is 2.06 bits per heavy atom. The van der Waals surface area contributed by atoms with Gasteiger partial charge in [0.1, 0.15) is 5.78 Å². The van der Waals surface area contributed by atoms with Gasteiger partial charge in [-0.25, -0.2) is 4.98 Å². The molecule has 5 rings (SSSR count). The van der Waals surface area contributed by atoms with Crippen LogP contribution in [0.4, 0.5) is 5.82 Å². The molecule has 1 aromatic carbocycles. The number of nitrogens with one attached hydrogen (secondary N) is 1. The average Bonchev–Trinajstić information content (AvgIpc) is 3.05. The summed E-state index contributed by atoms with van der Waals surface area (Å²) in [4.78, 5) is 29.5. The molecule has 32 heavy (non-hydrogen) atoms. The summed E-state index contributed by atoms with van der Waals surface area (Å²) in [6.07, 6.45) is 8.62. The number of carbonyl (C=O) groups is 2. The van der Waals surface area contributed by atoms with Crippen LogP contribution in [0.5, 0.6) is 5.75 Å².